The van der Waals surface area contributed by atoms with Gasteiger partial charge in [0.25, 0.3) is 21.6 Å². The van der Waals surface area contributed by atoms with Crippen molar-refractivity contribution in [3.63, 3.8) is 0 Å². The van der Waals surface area contributed by atoms with E-state index < -0.39 is 14.9 Å². The summed E-state index contributed by atoms with van der Waals surface area (Å²) in [5, 5.41) is 13.9. The molecule has 0 atom stereocenters. The molecule has 1 saturated heterocycles. The molecule has 1 amide bonds. The van der Waals surface area contributed by atoms with E-state index in [2.05, 4.69) is 14.9 Å². The predicted octanol–water partition coefficient (Wildman–Crippen LogP) is 2.24. The van der Waals surface area contributed by atoms with Crippen molar-refractivity contribution < 1.29 is 27.6 Å². The number of hydrogen-bond donors (Lipinski definition) is 2. The van der Waals surface area contributed by atoms with E-state index in [0.717, 1.165) is 19.2 Å². The second-order valence-electron chi connectivity index (χ2n) is 8.37. The highest BCUT2D eigenvalue weighted by molar-refractivity contribution is 7.92. The molecule has 1 fully saturated rings. The van der Waals surface area contributed by atoms with Gasteiger partial charge in [-0.1, -0.05) is 0 Å². The van der Waals surface area contributed by atoms with E-state index in [1.54, 1.807) is 0 Å². The van der Waals surface area contributed by atoms with Gasteiger partial charge in [0.15, 0.2) is 0 Å². The number of benzene rings is 2. The second kappa shape index (κ2) is 10.4. The van der Waals surface area contributed by atoms with Crippen molar-refractivity contribution in [2.45, 2.75) is 24.3 Å². The highest BCUT2D eigenvalue weighted by Gasteiger charge is 2.29. The molecule has 0 aromatic heterocycles. The van der Waals surface area contributed by atoms with Crippen LogP contribution in [0, 0.1) is 10.1 Å². The monoisotopic (exact) mass is 492 g/mol. The number of ether oxygens (including phenoxy) is 2. The molecule has 3 rings (SSSR count). The zero-order chi connectivity index (χ0) is 24.9. The number of sulfonamides is 1. The average molecular weight is 493 g/mol. The van der Waals surface area contributed by atoms with E-state index in [-0.39, 0.29) is 33.5 Å². The largest absolute Gasteiger partial charge is 0.495 e. The number of hydrogen-bond acceptors (Lipinski definition) is 8. The first-order chi connectivity index (χ1) is 16.0. The van der Waals surface area contributed by atoms with E-state index in [9.17, 15) is 23.3 Å². The van der Waals surface area contributed by atoms with Gasteiger partial charge >= 0.3 is 0 Å². The number of anilines is 1. The molecule has 184 valence electrons. The van der Waals surface area contributed by atoms with Crippen molar-refractivity contribution in [3.8, 4) is 5.75 Å². The van der Waals surface area contributed by atoms with Crippen LogP contribution in [-0.4, -0.2) is 69.6 Å². The summed E-state index contributed by atoms with van der Waals surface area (Å²) >= 11 is 0. The molecule has 0 unspecified atom stereocenters. The molecule has 0 bridgehead atoms. The summed E-state index contributed by atoms with van der Waals surface area (Å²) in [4.78, 5) is 25.2. The van der Waals surface area contributed by atoms with Crippen LogP contribution in [0.3, 0.4) is 0 Å². The van der Waals surface area contributed by atoms with Gasteiger partial charge in [-0.05, 0) is 44.2 Å². The maximum Gasteiger partial charge on any atom is 0.271 e. The number of carbonyl (C=O) groups is 1. The van der Waals surface area contributed by atoms with Crippen LogP contribution in [0.1, 0.15) is 24.2 Å². The fourth-order valence-corrected chi connectivity index (χ4v) is 4.62. The Labute approximate surface area is 198 Å². The minimum atomic E-state index is -4.08. The van der Waals surface area contributed by atoms with E-state index in [1.807, 2.05) is 13.8 Å². The van der Waals surface area contributed by atoms with Crippen LogP contribution < -0.4 is 14.8 Å². The molecular weight excluding hydrogens is 464 g/mol. The standard InChI is InChI=1S/C22H28N4O7S/c1-22(2,25-10-12-33-13-11-25)15-23-21(27)16-4-7-18(8-5-16)34(30,31)24-19-14-17(26(28)29)6-9-20(19)32-3/h4-9,14,24H,10-13,15H2,1-3H3,(H,23,27). The molecule has 2 N–H and O–H groups in total. The Morgan fingerprint density at radius 2 is 1.82 bits per heavy atom. The maximum absolute atomic E-state index is 12.8. The molecule has 11 nitrogen and oxygen atoms in total. The Hall–Kier alpha value is -3.22. The molecule has 1 aliphatic rings. The summed E-state index contributed by atoms with van der Waals surface area (Å²) in [6.07, 6.45) is 0. The summed E-state index contributed by atoms with van der Waals surface area (Å²) in [6, 6.07) is 9.02. The fourth-order valence-electron chi connectivity index (χ4n) is 3.56. The molecule has 12 heteroatoms. The van der Waals surface area contributed by atoms with Crippen molar-refractivity contribution in [2.24, 2.45) is 0 Å². The first-order valence-corrected chi connectivity index (χ1v) is 12.1. The third kappa shape index (κ3) is 6.01. The number of nitrogens with zero attached hydrogens (tertiary/aromatic N) is 2. The topological polar surface area (TPSA) is 140 Å². The Balaban J connectivity index is 1.69. The summed E-state index contributed by atoms with van der Waals surface area (Å²) in [6.45, 7) is 7.40. The van der Waals surface area contributed by atoms with Gasteiger partial charge in [-0.15, -0.1) is 0 Å². The van der Waals surface area contributed by atoms with Crippen molar-refractivity contribution >= 4 is 27.3 Å². The first-order valence-electron chi connectivity index (χ1n) is 10.6. The van der Waals surface area contributed by atoms with Crippen LogP contribution in [-0.2, 0) is 14.8 Å². The third-order valence-corrected chi connectivity index (χ3v) is 7.00. The molecule has 0 aliphatic carbocycles. The Kier molecular flexibility index (Phi) is 7.75. The van der Waals surface area contributed by atoms with Gasteiger partial charge in [-0.25, -0.2) is 8.42 Å². The van der Waals surface area contributed by atoms with Crippen LogP contribution in [0.2, 0.25) is 0 Å². The molecule has 0 spiro atoms. The number of non-ortho nitro benzene ring substituents is 1. The highest BCUT2D eigenvalue weighted by atomic mass is 32.2. The van der Waals surface area contributed by atoms with Crippen LogP contribution in [0.15, 0.2) is 47.4 Å². The van der Waals surface area contributed by atoms with Gasteiger partial charge < -0.3 is 14.8 Å². The number of morpholine rings is 1. The SMILES string of the molecule is COc1ccc([N+](=O)[O-])cc1NS(=O)(=O)c1ccc(C(=O)NCC(C)(C)N2CCOCC2)cc1. The smallest absolute Gasteiger partial charge is 0.271 e. The summed E-state index contributed by atoms with van der Waals surface area (Å²) in [5.41, 5.74) is -0.302. The summed E-state index contributed by atoms with van der Waals surface area (Å²) in [7, 11) is -2.76. The molecular formula is C22H28N4O7S. The van der Waals surface area contributed by atoms with E-state index in [4.69, 9.17) is 9.47 Å². The van der Waals surface area contributed by atoms with Gasteiger partial charge in [0.2, 0.25) is 0 Å². The lowest BCUT2D eigenvalue weighted by Gasteiger charge is -2.40. The van der Waals surface area contributed by atoms with Crippen LogP contribution in [0.4, 0.5) is 11.4 Å². The molecule has 1 heterocycles. The van der Waals surface area contributed by atoms with Gasteiger partial charge in [-0.3, -0.25) is 24.5 Å². The molecule has 2 aromatic rings. The zero-order valence-electron chi connectivity index (χ0n) is 19.2. The molecule has 2 aromatic carbocycles. The molecule has 0 radical (unpaired) electrons. The molecule has 34 heavy (non-hydrogen) atoms. The normalized spacial score (nSPS) is 14.9. The van der Waals surface area contributed by atoms with E-state index in [1.165, 1.54) is 43.5 Å². The predicted molar refractivity (Wildman–Crippen MR) is 126 cm³/mol. The number of nitrogens with one attached hydrogen (secondary N) is 2. The van der Waals surface area contributed by atoms with Crippen molar-refractivity contribution in [2.75, 3.05) is 44.7 Å². The van der Waals surface area contributed by atoms with Crippen molar-refractivity contribution in [1.82, 2.24) is 10.2 Å². The van der Waals surface area contributed by atoms with Crippen molar-refractivity contribution in [1.29, 1.82) is 0 Å². The lowest BCUT2D eigenvalue weighted by atomic mass is 10.0. The Bertz CT molecular complexity index is 1140. The number of nitro benzene ring substituents is 1. The quantitative estimate of drug-likeness (QED) is 0.401. The van der Waals surface area contributed by atoms with Crippen LogP contribution in [0.25, 0.3) is 0 Å². The van der Waals surface area contributed by atoms with Gasteiger partial charge in [0.1, 0.15) is 5.75 Å². The minimum absolute atomic E-state index is 0.0659. The zero-order valence-corrected chi connectivity index (χ0v) is 20.1. The molecule has 0 saturated carbocycles. The third-order valence-electron chi connectivity index (χ3n) is 5.61. The number of nitro groups is 1. The Morgan fingerprint density at radius 1 is 1.18 bits per heavy atom. The van der Waals surface area contributed by atoms with Gasteiger partial charge in [0.05, 0.1) is 35.8 Å². The maximum atomic E-state index is 12.8. The van der Waals surface area contributed by atoms with Crippen molar-refractivity contribution in [3.05, 3.63) is 58.1 Å². The van der Waals surface area contributed by atoms with Crippen LogP contribution in [0.5, 0.6) is 5.75 Å². The number of amides is 1. The lowest BCUT2D eigenvalue weighted by molar-refractivity contribution is -0.384. The lowest BCUT2D eigenvalue weighted by Crippen LogP contribution is -2.55. The summed E-state index contributed by atoms with van der Waals surface area (Å²) < 4.78 is 38.4. The number of carbonyl (C=O) groups excluding carboxylic acids is 1. The first kappa shape index (κ1) is 25.4. The highest BCUT2D eigenvalue weighted by Crippen LogP contribution is 2.31. The van der Waals surface area contributed by atoms with E-state index in [0.29, 0.717) is 25.3 Å². The second-order valence-corrected chi connectivity index (χ2v) is 10.0. The minimum Gasteiger partial charge on any atom is -0.495 e. The van der Waals surface area contributed by atoms with Gasteiger partial charge in [-0.2, -0.15) is 0 Å². The molecule has 1 aliphatic heterocycles. The van der Waals surface area contributed by atoms with Crippen LogP contribution >= 0.6 is 0 Å². The number of methoxy groups -OCH3 is 1. The Morgan fingerprint density at radius 3 is 2.41 bits per heavy atom. The van der Waals surface area contributed by atoms with Gasteiger partial charge in [0, 0.05) is 42.9 Å². The fraction of sp³-hybridized carbons (Fsp3) is 0.409. The van der Waals surface area contributed by atoms with E-state index >= 15 is 0 Å². The average Bonchev–Trinajstić information content (AvgIpc) is 2.83. The number of rotatable bonds is 9. The summed E-state index contributed by atoms with van der Waals surface area (Å²) in [5.74, 6) is -0.188.